The predicted octanol–water partition coefficient (Wildman–Crippen LogP) is 3.53. The minimum absolute atomic E-state index is 0.128. The summed E-state index contributed by atoms with van der Waals surface area (Å²) in [5.74, 6) is -0.0764. The lowest BCUT2D eigenvalue weighted by Crippen LogP contribution is -2.50. The fraction of sp³-hybridized carbons (Fsp3) is 0.231. The molecule has 0 bridgehead atoms. The Bertz CT molecular complexity index is 1150. The molecule has 1 atom stereocenters. The van der Waals surface area contributed by atoms with Crippen molar-refractivity contribution in [3.05, 3.63) is 106 Å². The van der Waals surface area contributed by atoms with Crippen molar-refractivity contribution in [1.29, 1.82) is 0 Å². The van der Waals surface area contributed by atoms with Crippen LogP contribution in [0.4, 0.5) is 5.69 Å². The van der Waals surface area contributed by atoms with Crippen LogP contribution in [0, 0.1) is 10.1 Å². The first kappa shape index (κ1) is 24.4. The van der Waals surface area contributed by atoms with E-state index in [1.807, 2.05) is 42.5 Å². The third-order valence-corrected chi connectivity index (χ3v) is 5.53. The Morgan fingerprint density at radius 1 is 1.00 bits per heavy atom. The minimum Gasteiger partial charge on any atom is -0.497 e. The van der Waals surface area contributed by atoms with E-state index < -0.39 is 11.0 Å². The van der Waals surface area contributed by atoms with Crippen molar-refractivity contribution in [2.75, 3.05) is 14.2 Å². The average molecular weight is 462 g/mol. The van der Waals surface area contributed by atoms with Crippen LogP contribution in [-0.2, 0) is 29.0 Å². The number of likely N-dealkylation sites (N-methyl/N-ethyl adjacent to an activating group) is 1. The molecule has 8 heteroatoms. The molecule has 0 fully saturated rings. The second-order valence-electron chi connectivity index (χ2n) is 7.76. The van der Waals surface area contributed by atoms with Gasteiger partial charge >= 0.3 is 0 Å². The highest BCUT2D eigenvalue weighted by atomic mass is 16.6. The van der Waals surface area contributed by atoms with E-state index in [9.17, 15) is 19.7 Å². The molecule has 0 saturated carbocycles. The van der Waals surface area contributed by atoms with E-state index in [1.54, 1.807) is 37.4 Å². The van der Waals surface area contributed by atoms with Gasteiger partial charge in [-0.25, -0.2) is 0 Å². The molecule has 0 radical (unpaired) electrons. The summed E-state index contributed by atoms with van der Waals surface area (Å²) in [6, 6.07) is 22.0. The molecule has 0 spiro atoms. The summed E-state index contributed by atoms with van der Waals surface area (Å²) in [7, 11) is 3.08. The summed E-state index contributed by atoms with van der Waals surface area (Å²) < 4.78 is 5.30. The first-order valence-corrected chi connectivity index (χ1v) is 10.8. The summed E-state index contributed by atoms with van der Waals surface area (Å²) in [4.78, 5) is 39.0. The fourth-order valence-corrected chi connectivity index (χ4v) is 3.79. The molecular formula is C26H27N3O5. The van der Waals surface area contributed by atoms with Gasteiger partial charge in [-0.1, -0.05) is 60.7 Å². The largest absolute Gasteiger partial charge is 0.497 e. The van der Waals surface area contributed by atoms with Gasteiger partial charge in [-0.15, -0.1) is 0 Å². The molecule has 0 aromatic heterocycles. The molecule has 0 aliphatic heterocycles. The van der Waals surface area contributed by atoms with Crippen LogP contribution in [-0.4, -0.2) is 41.8 Å². The van der Waals surface area contributed by atoms with E-state index in [1.165, 1.54) is 18.0 Å². The Hall–Kier alpha value is -4.20. The van der Waals surface area contributed by atoms with Crippen molar-refractivity contribution in [1.82, 2.24) is 10.2 Å². The number of amides is 2. The summed E-state index contributed by atoms with van der Waals surface area (Å²) in [5.41, 5.74) is 1.84. The lowest BCUT2D eigenvalue weighted by molar-refractivity contribution is -0.385. The standard InChI is InChI=1S/C26H27N3O5/c1-27-26(31)24(16-19-9-4-3-5-10-19)28(18-20-11-8-13-22(15-20)34-2)25(30)17-21-12-6-7-14-23(21)29(32)33/h3-15,24H,16-18H2,1-2H3,(H,27,31)/t24-/m0/s1. The summed E-state index contributed by atoms with van der Waals surface area (Å²) >= 11 is 0. The number of nitro groups is 1. The van der Waals surface area contributed by atoms with Crippen LogP contribution in [0.3, 0.4) is 0 Å². The summed E-state index contributed by atoms with van der Waals surface area (Å²) in [6.07, 6.45) is 0.0938. The second-order valence-corrected chi connectivity index (χ2v) is 7.76. The van der Waals surface area contributed by atoms with Crippen LogP contribution in [0.2, 0.25) is 0 Å². The number of carbonyl (C=O) groups excluding carboxylic acids is 2. The van der Waals surface area contributed by atoms with Gasteiger partial charge in [0.1, 0.15) is 11.8 Å². The number of nitrogens with one attached hydrogen (secondary N) is 1. The van der Waals surface area contributed by atoms with Gasteiger partial charge in [0, 0.05) is 31.6 Å². The van der Waals surface area contributed by atoms with E-state index in [4.69, 9.17) is 4.74 Å². The van der Waals surface area contributed by atoms with E-state index in [0.29, 0.717) is 17.7 Å². The third kappa shape index (κ3) is 6.19. The van der Waals surface area contributed by atoms with Crippen molar-refractivity contribution in [2.24, 2.45) is 0 Å². The number of ether oxygens (including phenoxy) is 1. The van der Waals surface area contributed by atoms with Gasteiger partial charge in [0.15, 0.2) is 0 Å². The van der Waals surface area contributed by atoms with Gasteiger partial charge in [0.05, 0.1) is 18.5 Å². The maximum absolute atomic E-state index is 13.6. The molecule has 8 nitrogen and oxygen atoms in total. The van der Waals surface area contributed by atoms with Gasteiger partial charge in [0.2, 0.25) is 11.8 Å². The molecule has 0 heterocycles. The normalized spacial score (nSPS) is 11.4. The lowest BCUT2D eigenvalue weighted by atomic mass is 10.0. The summed E-state index contributed by atoms with van der Waals surface area (Å²) in [6.45, 7) is 0.140. The maximum atomic E-state index is 13.6. The number of hydrogen-bond donors (Lipinski definition) is 1. The van der Waals surface area contributed by atoms with Gasteiger partial charge < -0.3 is 15.0 Å². The first-order chi connectivity index (χ1) is 16.4. The second kappa shape index (κ2) is 11.6. The molecule has 3 rings (SSSR count). The van der Waals surface area contributed by atoms with E-state index >= 15 is 0 Å². The highest BCUT2D eigenvalue weighted by molar-refractivity contribution is 5.89. The number of nitrogens with zero attached hydrogens (tertiary/aromatic N) is 2. The molecule has 0 aliphatic rings. The number of methoxy groups -OCH3 is 1. The molecular weight excluding hydrogens is 434 g/mol. The third-order valence-electron chi connectivity index (χ3n) is 5.53. The van der Waals surface area contributed by atoms with Crippen LogP contribution in [0.15, 0.2) is 78.9 Å². The first-order valence-electron chi connectivity index (χ1n) is 10.8. The summed E-state index contributed by atoms with van der Waals surface area (Å²) in [5, 5.41) is 14.1. The number of hydrogen-bond acceptors (Lipinski definition) is 5. The highest BCUT2D eigenvalue weighted by Crippen LogP contribution is 2.22. The minimum atomic E-state index is -0.811. The zero-order chi connectivity index (χ0) is 24.5. The van der Waals surface area contributed by atoms with Crippen molar-refractivity contribution in [2.45, 2.75) is 25.4 Å². The topological polar surface area (TPSA) is 102 Å². The quantitative estimate of drug-likeness (QED) is 0.368. The number of carbonyl (C=O) groups is 2. The van der Waals surface area contributed by atoms with Gasteiger partial charge in [0.25, 0.3) is 5.69 Å². The molecule has 3 aromatic carbocycles. The Labute approximate surface area is 198 Å². The van der Waals surface area contributed by atoms with Crippen LogP contribution in [0.25, 0.3) is 0 Å². The van der Waals surface area contributed by atoms with Gasteiger partial charge in [-0.3, -0.25) is 19.7 Å². The molecule has 3 aromatic rings. The van der Waals surface area contributed by atoms with E-state index in [-0.39, 0.29) is 30.5 Å². The number of rotatable bonds is 10. The van der Waals surface area contributed by atoms with Crippen molar-refractivity contribution in [3.63, 3.8) is 0 Å². The maximum Gasteiger partial charge on any atom is 0.273 e. The van der Waals surface area contributed by atoms with Gasteiger partial charge in [-0.05, 0) is 23.3 Å². The zero-order valence-electron chi connectivity index (χ0n) is 19.1. The Balaban J connectivity index is 1.99. The van der Waals surface area contributed by atoms with Gasteiger partial charge in [-0.2, -0.15) is 0 Å². The van der Waals surface area contributed by atoms with Crippen molar-refractivity contribution >= 4 is 17.5 Å². The van der Waals surface area contributed by atoms with Crippen molar-refractivity contribution in [3.8, 4) is 5.75 Å². The number of nitro benzene ring substituents is 1. The smallest absolute Gasteiger partial charge is 0.273 e. The van der Waals surface area contributed by atoms with Crippen LogP contribution < -0.4 is 10.1 Å². The molecule has 34 heavy (non-hydrogen) atoms. The number of para-hydroxylation sites is 1. The Morgan fingerprint density at radius 2 is 1.68 bits per heavy atom. The lowest BCUT2D eigenvalue weighted by Gasteiger charge is -2.31. The van der Waals surface area contributed by atoms with Crippen molar-refractivity contribution < 1.29 is 19.2 Å². The van der Waals surface area contributed by atoms with Crippen LogP contribution in [0.1, 0.15) is 16.7 Å². The Morgan fingerprint density at radius 3 is 2.35 bits per heavy atom. The molecule has 0 aliphatic carbocycles. The fourth-order valence-electron chi connectivity index (χ4n) is 3.79. The SMILES string of the molecule is CNC(=O)[C@H](Cc1ccccc1)N(Cc1cccc(OC)c1)C(=O)Cc1ccccc1[N+](=O)[O-]. The molecule has 2 amide bonds. The number of benzene rings is 3. The molecule has 0 unspecified atom stereocenters. The van der Waals surface area contributed by atoms with E-state index in [0.717, 1.165) is 11.1 Å². The Kier molecular flexibility index (Phi) is 8.34. The molecule has 0 saturated heterocycles. The highest BCUT2D eigenvalue weighted by Gasteiger charge is 2.31. The average Bonchev–Trinajstić information content (AvgIpc) is 2.86. The monoisotopic (exact) mass is 461 g/mol. The predicted molar refractivity (Wildman–Crippen MR) is 128 cm³/mol. The van der Waals surface area contributed by atoms with Crippen LogP contribution in [0.5, 0.6) is 5.75 Å². The zero-order valence-corrected chi connectivity index (χ0v) is 19.1. The molecule has 1 N–H and O–H groups in total. The molecule has 176 valence electrons. The van der Waals surface area contributed by atoms with Crippen LogP contribution >= 0.6 is 0 Å². The van der Waals surface area contributed by atoms with E-state index in [2.05, 4.69) is 5.32 Å².